The summed E-state index contributed by atoms with van der Waals surface area (Å²) in [5.74, 6) is 0.402. The van der Waals surface area contributed by atoms with Gasteiger partial charge in [-0.15, -0.1) is 0 Å². The van der Waals surface area contributed by atoms with E-state index in [2.05, 4.69) is 31.0 Å². The standard InChI is InChI=1S/C16H20N2O/c1-3-12-11-4-6-14-13(5-7-15(19)18-14)16(12,17)9-10(2)8-11/h3,5,7-8,11H,4,6,9,17H2,1-2H3,(H,18,19)/b12-3+/t11?,16-/m1/s1. The van der Waals surface area contributed by atoms with E-state index in [1.807, 2.05) is 6.07 Å². The van der Waals surface area contributed by atoms with E-state index in [4.69, 9.17) is 5.73 Å². The Hall–Kier alpha value is -1.61. The summed E-state index contributed by atoms with van der Waals surface area (Å²) in [4.78, 5) is 14.5. The quantitative estimate of drug-likeness (QED) is 0.700. The molecule has 0 spiro atoms. The van der Waals surface area contributed by atoms with Crippen LogP contribution in [0.2, 0.25) is 0 Å². The molecule has 1 heterocycles. The first-order valence-electron chi connectivity index (χ1n) is 6.90. The molecule has 3 rings (SSSR count). The van der Waals surface area contributed by atoms with Crippen LogP contribution >= 0.6 is 0 Å². The van der Waals surface area contributed by atoms with E-state index in [1.165, 1.54) is 11.1 Å². The number of fused-ring (bicyclic) bond motifs is 4. The minimum absolute atomic E-state index is 0.0366. The summed E-state index contributed by atoms with van der Waals surface area (Å²) in [6.07, 6.45) is 7.24. The van der Waals surface area contributed by atoms with Crippen LogP contribution in [0.25, 0.3) is 0 Å². The van der Waals surface area contributed by atoms with Gasteiger partial charge >= 0.3 is 0 Å². The van der Waals surface area contributed by atoms with Crippen LogP contribution in [0.5, 0.6) is 0 Å². The molecule has 0 fully saturated rings. The Morgan fingerprint density at radius 3 is 3.00 bits per heavy atom. The lowest BCUT2D eigenvalue weighted by atomic mass is 9.70. The van der Waals surface area contributed by atoms with Crippen LogP contribution in [-0.4, -0.2) is 4.98 Å². The molecule has 2 atom stereocenters. The van der Waals surface area contributed by atoms with Crippen molar-refractivity contribution in [1.29, 1.82) is 0 Å². The zero-order valence-corrected chi connectivity index (χ0v) is 11.5. The largest absolute Gasteiger partial charge is 0.326 e. The van der Waals surface area contributed by atoms with Crippen molar-refractivity contribution in [2.24, 2.45) is 11.7 Å². The Balaban J connectivity index is 2.28. The summed E-state index contributed by atoms with van der Waals surface area (Å²) in [6.45, 7) is 4.22. The average Bonchev–Trinajstić information content (AvgIpc) is 2.41. The fraction of sp³-hybridized carbons (Fsp3) is 0.438. The molecule has 3 N–H and O–H groups in total. The van der Waals surface area contributed by atoms with Gasteiger partial charge in [-0.25, -0.2) is 0 Å². The minimum Gasteiger partial charge on any atom is -0.326 e. The first-order chi connectivity index (χ1) is 9.04. The van der Waals surface area contributed by atoms with Gasteiger partial charge in [0, 0.05) is 17.7 Å². The number of aromatic nitrogens is 1. The van der Waals surface area contributed by atoms with Crippen molar-refractivity contribution >= 4 is 0 Å². The molecule has 1 aromatic rings. The van der Waals surface area contributed by atoms with Gasteiger partial charge in [-0.1, -0.05) is 17.7 Å². The fourth-order valence-electron chi connectivity index (χ4n) is 3.76. The maximum Gasteiger partial charge on any atom is 0.248 e. The molecule has 1 aromatic heterocycles. The van der Waals surface area contributed by atoms with E-state index >= 15 is 0 Å². The predicted molar refractivity (Wildman–Crippen MR) is 76.9 cm³/mol. The first kappa shape index (κ1) is 12.4. The van der Waals surface area contributed by atoms with Gasteiger partial charge in [-0.2, -0.15) is 0 Å². The Bertz CT molecular complexity index is 638. The fourth-order valence-corrected chi connectivity index (χ4v) is 3.76. The predicted octanol–water partition coefficient (Wildman–Crippen LogP) is 2.39. The van der Waals surface area contributed by atoms with Crippen molar-refractivity contribution in [3.05, 3.63) is 57.0 Å². The van der Waals surface area contributed by atoms with Crippen LogP contribution in [0.3, 0.4) is 0 Å². The van der Waals surface area contributed by atoms with Gasteiger partial charge in [0.25, 0.3) is 0 Å². The average molecular weight is 256 g/mol. The Morgan fingerprint density at radius 2 is 2.26 bits per heavy atom. The molecule has 0 aromatic carbocycles. The smallest absolute Gasteiger partial charge is 0.248 e. The number of rotatable bonds is 0. The van der Waals surface area contributed by atoms with Gasteiger partial charge in [0.05, 0.1) is 5.54 Å². The van der Waals surface area contributed by atoms with E-state index in [-0.39, 0.29) is 5.56 Å². The monoisotopic (exact) mass is 256 g/mol. The highest BCUT2D eigenvalue weighted by atomic mass is 16.1. The first-order valence-corrected chi connectivity index (χ1v) is 6.90. The third kappa shape index (κ3) is 1.80. The van der Waals surface area contributed by atoms with Crippen LogP contribution in [0.4, 0.5) is 0 Å². The van der Waals surface area contributed by atoms with Crippen molar-refractivity contribution in [2.75, 3.05) is 0 Å². The molecule has 3 nitrogen and oxygen atoms in total. The van der Waals surface area contributed by atoms with E-state index in [9.17, 15) is 4.79 Å². The third-order valence-corrected chi connectivity index (χ3v) is 4.46. The lowest BCUT2D eigenvalue weighted by molar-refractivity contribution is 0.450. The number of hydrogen-bond donors (Lipinski definition) is 2. The number of H-pyrrole nitrogens is 1. The summed E-state index contributed by atoms with van der Waals surface area (Å²) in [5.41, 5.74) is 11.0. The van der Waals surface area contributed by atoms with Crippen LogP contribution in [-0.2, 0) is 12.0 Å². The van der Waals surface area contributed by atoms with Gasteiger partial charge in [0.1, 0.15) is 0 Å². The molecule has 100 valence electrons. The van der Waals surface area contributed by atoms with Crippen LogP contribution in [0.15, 0.2) is 40.2 Å². The Labute approximate surface area is 113 Å². The minimum atomic E-state index is -0.450. The van der Waals surface area contributed by atoms with Gasteiger partial charge < -0.3 is 10.7 Å². The zero-order chi connectivity index (χ0) is 13.6. The van der Waals surface area contributed by atoms with Gasteiger partial charge in [0.2, 0.25) is 5.56 Å². The topological polar surface area (TPSA) is 58.9 Å². The second-order valence-electron chi connectivity index (χ2n) is 5.77. The zero-order valence-electron chi connectivity index (χ0n) is 11.5. The molecular weight excluding hydrogens is 236 g/mol. The molecule has 2 aliphatic carbocycles. The van der Waals surface area contributed by atoms with E-state index < -0.39 is 5.54 Å². The van der Waals surface area contributed by atoms with Crippen molar-refractivity contribution in [1.82, 2.24) is 4.98 Å². The van der Waals surface area contributed by atoms with Crippen LogP contribution < -0.4 is 11.3 Å². The van der Waals surface area contributed by atoms with Crippen molar-refractivity contribution in [3.63, 3.8) is 0 Å². The van der Waals surface area contributed by atoms with E-state index in [0.29, 0.717) is 5.92 Å². The molecule has 0 saturated heterocycles. The summed E-state index contributed by atoms with van der Waals surface area (Å²) in [6, 6.07) is 3.51. The van der Waals surface area contributed by atoms with Gasteiger partial charge in [0.15, 0.2) is 0 Å². The van der Waals surface area contributed by atoms with E-state index in [0.717, 1.165) is 30.5 Å². The van der Waals surface area contributed by atoms with Crippen molar-refractivity contribution in [3.8, 4) is 0 Å². The van der Waals surface area contributed by atoms with Crippen LogP contribution in [0, 0.1) is 5.92 Å². The number of pyridine rings is 1. The second-order valence-corrected chi connectivity index (χ2v) is 5.77. The van der Waals surface area contributed by atoms with Crippen LogP contribution in [0.1, 0.15) is 37.9 Å². The van der Waals surface area contributed by atoms with Gasteiger partial charge in [-0.3, -0.25) is 4.79 Å². The van der Waals surface area contributed by atoms with Gasteiger partial charge in [-0.05, 0) is 50.3 Å². The second kappa shape index (κ2) is 4.20. The maximum atomic E-state index is 11.5. The molecule has 3 heteroatoms. The highest BCUT2D eigenvalue weighted by Crippen LogP contribution is 2.46. The summed E-state index contributed by atoms with van der Waals surface area (Å²) < 4.78 is 0. The lowest BCUT2D eigenvalue weighted by Crippen LogP contribution is -2.43. The molecule has 2 aliphatic rings. The van der Waals surface area contributed by atoms with Crippen molar-refractivity contribution < 1.29 is 0 Å². The highest BCUT2D eigenvalue weighted by Gasteiger charge is 2.41. The number of hydrogen-bond acceptors (Lipinski definition) is 2. The number of aromatic amines is 1. The highest BCUT2D eigenvalue weighted by molar-refractivity contribution is 5.46. The Kier molecular flexibility index (Phi) is 2.75. The normalized spacial score (nSPS) is 31.6. The number of aryl methyl sites for hydroxylation is 1. The molecule has 0 radical (unpaired) electrons. The van der Waals surface area contributed by atoms with Crippen molar-refractivity contribution in [2.45, 2.75) is 38.6 Å². The lowest BCUT2D eigenvalue weighted by Gasteiger charge is -2.39. The molecular formula is C16H20N2O. The number of nitrogens with two attached hydrogens (primary N) is 1. The van der Waals surface area contributed by atoms with E-state index in [1.54, 1.807) is 6.07 Å². The Morgan fingerprint density at radius 1 is 1.47 bits per heavy atom. The molecule has 0 aliphatic heterocycles. The molecule has 19 heavy (non-hydrogen) atoms. The SMILES string of the molecule is C/C=C1\C2C=C(C)C[C@]1(N)c1ccc(=O)[nH]c1CC2. The summed E-state index contributed by atoms with van der Waals surface area (Å²) >= 11 is 0. The summed E-state index contributed by atoms with van der Waals surface area (Å²) in [5, 5.41) is 0. The third-order valence-electron chi connectivity index (χ3n) is 4.46. The number of nitrogens with one attached hydrogen (secondary N) is 1. The molecule has 1 unspecified atom stereocenters. The number of allylic oxidation sites excluding steroid dienone is 2. The molecule has 2 bridgehead atoms. The summed E-state index contributed by atoms with van der Waals surface area (Å²) in [7, 11) is 0. The maximum absolute atomic E-state index is 11.5. The molecule has 0 saturated carbocycles. The molecule has 0 amide bonds.